The third-order valence-corrected chi connectivity index (χ3v) is 3.12. The molecule has 0 unspecified atom stereocenters. The van der Waals surface area contributed by atoms with E-state index in [-0.39, 0.29) is 0 Å². The summed E-state index contributed by atoms with van der Waals surface area (Å²) >= 11 is 6.66. The summed E-state index contributed by atoms with van der Waals surface area (Å²) in [7, 11) is 0. The van der Waals surface area contributed by atoms with Gasteiger partial charge < -0.3 is 16.6 Å². The van der Waals surface area contributed by atoms with E-state index in [0.717, 1.165) is 14.5 Å². The van der Waals surface area contributed by atoms with E-state index in [1.807, 2.05) is 12.1 Å². The molecule has 1 aromatic rings. The van der Waals surface area contributed by atoms with Gasteiger partial charge in [0.05, 0.1) is 17.8 Å². The van der Waals surface area contributed by atoms with Crippen LogP contribution < -0.4 is 11.5 Å². The fourth-order valence-electron chi connectivity index (χ4n) is 1.14. The van der Waals surface area contributed by atoms with E-state index < -0.39 is 12.1 Å². The van der Waals surface area contributed by atoms with Crippen molar-refractivity contribution in [2.45, 2.75) is 19.1 Å². The van der Waals surface area contributed by atoms with E-state index in [0.29, 0.717) is 5.69 Å². The van der Waals surface area contributed by atoms with Crippen molar-refractivity contribution in [2.75, 3.05) is 5.73 Å². The van der Waals surface area contributed by atoms with E-state index in [2.05, 4.69) is 31.9 Å². The first-order valence-electron chi connectivity index (χ1n) is 4.11. The molecule has 78 valence electrons. The molecule has 0 heterocycles. The molecule has 0 aromatic heterocycles. The van der Waals surface area contributed by atoms with Crippen LogP contribution in [-0.4, -0.2) is 11.2 Å². The number of halogens is 2. The maximum atomic E-state index is 9.37. The predicted molar refractivity (Wildman–Crippen MR) is 64.9 cm³/mol. The summed E-state index contributed by atoms with van der Waals surface area (Å²) in [5, 5.41) is 9.37. The van der Waals surface area contributed by atoms with Gasteiger partial charge in [0.25, 0.3) is 0 Å². The van der Waals surface area contributed by atoms with Gasteiger partial charge in [-0.3, -0.25) is 0 Å². The summed E-state index contributed by atoms with van der Waals surface area (Å²) in [5.74, 6) is 0. The van der Waals surface area contributed by atoms with Crippen LogP contribution >= 0.6 is 31.9 Å². The molecule has 3 nitrogen and oxygen atoms in total. The minimum Gasteiger partial charge on any atom is -0.398 e. The van der Waals surface area contributed by atoms with Crippen molar-refractivity contribution >= 4 is 37.5 Å². The van der Waals surface area contributed by atoms with Crippen LogP contribution in [0.3, 0.4) is 0 Å². The monoisotopic (exact) mass is 322 g/mol. The lowest BCUT2D eigenvalue weighted by atomic mass is 10.0. The average Bonchev–Trinajstić information content (AvgIpc) is 2.09. The number of hydrogen-bond acceptors (Lipinski definition) is 3. The Morgan fingerprint density at radius 3 is 2.43 bits per heavy atom. The van der Waals surface area contributed by atoms with Gasteiger partial charge in [0, 0.05) is 8.95 Å². The number of nitrogen functional groups attached to an aromatic ring is 1. The van der Waals surface area contributed by atoms with Crippen LogP contribution in [0.2, 0.25) is 0 Å². The largest absolute Gasteiger partial charge is 0.398 e. The Morgan fingerprint density at radius 2 is 1.93 bits per heavy atom. The first-order chi connectivity index (χ1) is 6.43. The topological polar surface area (TPSA) is 72.3 Å². The Balaban J connectivity index is 3.20. The van der Waals surface area contributed by atoms with Crippen molar-refractivity contribution in [1.29, 1.82) is 0 Å². The molecule has 0 aliphatic heterocycles. The standard InChI is InChI=1S/C9H12Br2N2O/c1-4(14)8(12)6-2-5(10)3-7(11)9(6)13/h2-4,8,14H,12-13H2,1H3/t4-,8-/m0/s1. The van der Waals surface area contributed by atoms with Gasteiger partial charge in [0.15, 0.2) is 0 Å². The normalized spacial score (nSPS) is 15.2. The Bertz CT molecular complexity index is 342. The molecule has 0 amide bonds. The quantitative estimate of drug-likeness (QED) is 0.730. The van der Waals surface area contributed by atoms with Crippen LogP contribution in [0.1, 0.15) is 18.5 Å². The molecule has 14 heavy (non-hydrogen) atoms. The molecule has 0 saturated carbocycles. The van der Waals surface area contributed by atoms with E-state index in [9.17, 15) is 5.11 Å². The van der Waals surface area contributed by atoms with Gasteiger partial charge >= 0.3 is 0 Å². The zero-order valence-electron chi connectivity index (χ0n) is 7.67. The molecule has 2 atom stereocenters. The lowest BCUT2D eigenvalue weighted by Crippen LogP contribution is -2.24. The number of aliphatic hydroxyl groups is 1. The van der Waals surface area contributed by atoms with Gasteiger partial charge in [-0.25, -0.2) is 0 Å². The van der Waals surface area contributed by atoms with Crippen LogP contribution in [-0.2, 0) is 0 Å². The second-order valence-corrected chi connectivity index (χ2v) is 4.93. The van der Waals surface area contributed by atoms with E-state index >= 15 is 0 Å². The van der Waals surface area contributed by atoms with Crippen LogP contribution in [0.5, 0.6) is 0 Å². The lowest BCUT2D eigenvalue weighted by Gasteiger charge is -2.18. The number of aliphatic hydroxyl groups excluding tert-OH is 1. The van der Waals surface area contributed by atoms with Crippen LogP contribution in [0.4, 0.5) is 5.69 Å². The fraction of sp³-hybridized carbons (Fsp3) is 0.333. The highest BCUT2D eigenvalue weighted by Gasteiger charge is 2.16. The molecule has 0 saturated heterocycles. The molecular weight excluding hydrogens is 312 g/mol. The van der Waals surface area contributed by atoms with Gasteiger partial charge in [-0.1, -0.05) is 15.9 Å². The summed E-state index contributed by atoms with van der Waals surface area (Å²) in [6.07, 6.45) is -0.626. The van der Waals surface area contributed by atoms with Gasteiger partial charge in [0.2, 0.25) is 0 Å². The zero-order valence-corrected chi connectivity index (χ0v) is 10.8. The van der Waals surface area contributed by atoms with Crippen LogP contribution in [0.25, 0.3) is 0 Å². The summed E-state index contributed by atoms with van der Waals surface area (Å²) in [4.78, 5) is 0. The molecule has 5 N–H and O–H groups in total. The molecule has 0 radical (unpaired) electrons. The Labute approximate surface area is 99.7 Å². The summed E-state index contributed by atoms with van der Waals surface area (Å²) in [5.41, 5.74) is 12.9. The maximum Gasteiger partial charge on any atom is 0.0705 e. The van der Waals surface area contributed by atoms with Crippen molar-refractivity contribution in [1.82, 2.24) is 0 Å². The molecule has 0 bridgehead atoms. The number of anilines is 1. The van der Waals surface area contributed by atoms with E-state index in [1.54, 1.807) is 6.92 Å². The van der Waals surface area contributed by atoms with Gasteiger partial charge in [-0.2, -0.15) is 0 Å². The van der Waals surface area contributed by atoms with Gasteiger partial charge in [-0.05, 0) is 40.5 Å². The number of nitrogens with two attached hydrogens (primary N) is 2. The fourth-order valence-corrected chi connectivity index (χ4v) is 2.40. The highest BCUT2D eigenvalue weighted by atomic mass is 79.9. The first-order valence-corrected chi connectivity index (χ1v) is 5.70. The highest BCUT2D eigenvalue weighted by molar-refractivity contribution is 9.11. The molecule has 1 rings (SSSR count). The SMILES string of the molecule is C[C@H](O)[C@H](N)c1cc(Br)cc(Br)c1N. The van der Waals surface area contributed by atoms with Crippen molar-refractivity contribution in [2.24, 2.45) is 5.73 Å². The average molecular weight is 324 g/mol. The Morgan fingerprint density at radius 1 is 1.36 bits per heavy atom. The lowest BCUT2D eigenvalue weighted by molar-refractivity contribution is 0.164. The van der Waals surface area contributed by atoms with Crippen molar-refractivity contribution in [3.8, 4) is 0 Å². The molecule has 1 aromatic carbocycles. The molecular formula is C9H12Br2N2O. The smallest absolute Gasteiger partial charge is 0.0705 e. The van der Waals surface area contributed by atoms with E-state index in [4.69, 9.17) is 11.5 Å². The number of hydrogen-bond donors (Lipinski definition) is 3. The maximum absolute atomic E-state index is 9.37. The number of rotatable bonds is 2. The second-order valence-electron chi connectivity index (χ2n) is 3.16. The van der Waals surface area contributed by atoms with Crippen LogP contribution in [0, 0.1) is 0 Å². The van der Waals surface area contributed by atoms with E-state index in [1.165, 1.54) is 0 Å². The third kappa shape index (κ3) is 2.48. The minimum absolute atomic E-state index is 0.469. The van der Waals surface area contributed by atoms with Crippen molar-refractivity contribution < 1.29 is 5.11 Å². The second kappa shape index (κ2) is 4.61. The molecule has 5 heteroatoms. The van der Waals surface area contributed by atoms with Crippen molar-refractivity contribution in [3.63, 3.8) is 0 Å². The summed E-state index contributed by atoms with van der Waals surface area (Å²) in [6.45, 7) is 1.64. The minimum atomic E-state index is -0.626. The summed E-state index contributed by atoms with van der Waals surface area (Å²) < 4.78 is 1.66. The van der Waals surface area contributed by atoms with Crippen molar-refractivity contribution in [3.05, 3.63) is 26.6 Å². The Hall–Kier alpha value is -0.100. The van der Waals surface area contributed by atoms with Gasteiger partial charge in [0.1, 0.15) is 0 Å². The summed E-state index contributed by atoms with van der Waals surface area (Å²) in [6, 6.07) is 3.19. The number of benzene rings is 1. The molecule has 0 spiro atoms. The predicted octanol–water partition coefficient (Wildman–Crippen LogP) is 2.17. The third-order valence-electron chi connectivity index (χ3n) is 2.01. The molecule has 0 fully saturated rings. The zero-order chi connectivity index (χ0) is 10.9. The van der Waals surface area contributed by atoms with Gasteiger partial charge in [-0.15, -0.1) is 0 Å². The highest BCUT2D eigenvalue weighted by Crippen LogP contribution is 2.32. The molecule has 0 aliphatic rings. The Kier molecular flexibility index (Phi) is 3.94. The van der Waals surface area contributed by atoms with Crippen LogP contribution in [0.15, 0.2) is 21.1 Å². The first kappa shape index (κ1) is 12.0. The molecule has 0 aliphatic carbocycles.